The van der Waals surface area contributed by atoms with Gasteiger partial charge in [0.2, 0.25) is 0 Å². The fourth-order valence-electron chi connectivity index (χ4n) is 1.95. The molecule has 0 spiro atoms. The predicted octanol–water partition coefficient (Wildman–Crippen LogP) is 3.67. The third-order valence-electron chi connectivity index (χ3n) is 3.10. The molecule has 0 saturated heterocycles. The highest BCUT2D eigenvalue weighted by Crippen LogP contribution is 2.24. The molecular formula is C17H14N4O2S. The van der Waals surface area contributed by atoms with Gasteiger partial charge in [0.05, 0.1) is 11.9 Å². The van der Waals surface area contributed by atoms with Gasteiger partial charge in [-0.05, 0) is 12.1 Å². The highest BCUT2D eigenvalue weighted by atomic mass is 32.1. The maximum atomic E-state index is 11.8. The Morgan fingerprint density at radius 2 is 1.88 bits per heavy atom. The van der Waals surface area contributed by atoms with Gasteiger partial charge in [0.25, 0.3) is 0 Å². The smallest absolute Gasteiger partial charge is 0.341 e. The second kappa shape index (κ2) is 7.38. The van der Waals surface area contributed by atoms with Crippen LogP contribution in [0.3, 0.4) is 0 Å². The van der Waals surface area contributed by atoms with Crippen molar-refractivity contribution >= 4 is 28.7 Å². The van der Waals surface area contributed by atoms with Gasteiger partial charge >= 0.3 is 6.03 Å². The molecule has 24 heavy (non-hydrogen) atoms. The van der Waals surface area contributed by atoms with Crippen molar-refractivity contribution in [2.45, 2.75) is 0 Å². The number of nitrogens with one attached hydrogen (secondary N) is 2. The van der Waals surface area contributed by atoms with E-state index in [9.17, 15) is 9.90 Å². The Labute approximate surface area is 142 Å². The van der Waals surface area contributed by atoms with Gasteiger partial charge in [-0.3, -0.25) is 5.32 Å². The van der Waals surface area contributed by atoms with Crippen LogP contribution >= 0.6 is 11.3 Å². The lowest BCUT2D eigenvalue weighted by atomic mass is 10.2. The van der Waals surface area contributed by atoms with Crippen LogP contribution in [0, 0.1) is 0 Å². The number of hydrogen-bond acceptors (Lipinski definition) is 5. The average molecular weight is 338 g/mol. The van der Waals surface area contributed by atoms with E-state index in [4.69, 9.17) is 0 Å². The number of phenols is 1. The van der Waals surface area contributed by atoms with Gasteiger partial charge in [0.1, 0.15) is 5.75 Å². The summed E-state index contributed by atoms with van der Waals surface area (Å²) in [5.41, 5.74) is 4.63. The van der Waals surface area contributed by atoms with Crippen molar-refractivity contribution in [1.29, 1.82) is 0 Å². The number of hydrazone groups is 1. The van der Waals surface area contributed by atoms with E-state index in [0.717, 1.165) is 11.3 Å². The molecule has 3 aromatic rings. The molecule has 0 aliphatic heterocycles. The third kappa shape index (κ3) is 3.96. The molecule has 3 rings (SSSR count). The minimum atomic E-state index is -0.504. The molecule has 0 bridgehead atoms. The van der Waals surface area contributed by atoms with Crippen LogP contribution in [0.25, 0.3) is 11.3 Å². The molecule has 3 N–H and O–H groups in total. The van der Waals surface area contributed by atoms with Crippen molar-refractivity contribution < 1.29 is 9.90 Å². The molecular weight excluding hydrogens is 324 g/mol. The number of thiazole rings is 1. The Bertz CT molecular complexity index is 862. The summed E-state index contributed by atoms with van der Waals surface area (Å²) in [5, 5.41) is 18.3. The monoisotopic (exact) mass is 338 g/mol. The third-order valence-corrected chi connectivity index (χ3v) is 3.86. The summed E-state index contributed by atoms with van der Waals surface area (Å²) in [7, 11) is 0. The van der Waals surface area contributed by atoms with Gasteiger partial charge in [-0.25, -0.2) is 15.2 Å². The summed E-state index contributed by atoms with van der Waals surface area (Å²) < 4.78 is 0. The standard InChI is InChI=1S/C17H14N4O2S/c22-15-9-5-4-8-13(15)10-18-21-16(23)20-17-19-14(11-24-17)12-6-2-1-3-7-12/h1-11,22H,(H2,19,20,21,23)/b18-10-. The SMILES string of the molecule is O=C(N/N=C\c1ccccc1O)Nc1nc(-c2ccccc2)cs1. The average Bonchev–Trinajstić information content (AvgIpc) is 3.06. The molecule has 0 aliphatic carbocycles. The first-order chi connectivity index (χ1) is 11.7. The molecule has 2 amide bonds. The first-order valence-electron chi connectivity index (χ1n) is 7.11. The van der Waals surface area contributed by atoms with Crippen molar-refractivity contribution in [3.05, 3.63) is 65.5 Å². The molecule has 0 saturated carbocycles. The van der Waals surface area contributed by atoms with Crippen LogP contribution in [0.2, 0.25) is 0 Å². The van der Waals surface area contributed by atoms with E-state index in [1.165, 1.54) is 17.6 Å². The lowest BCUT2D eigenvalue weighted by molar-refractivity contribution is 0.252. The molecule has 2 aromatic carbocycles. The van der Waals surface area contributed by atoms with E-state index in [2.05, 4.69) is 20.8 Å². The van der Waals surface area contributed by atoms with Crippen LogP contribution < -0.4 is 10.7 Å². The minimum absolute atomic E-state index is 0.0934. The molecule has 7 heteroatoms. The number of aromatic nitrogens is 1. The number of phenolic OH excluding ortho intramolecular Hbond substituents is 1. The van der Waals surface area contributed by atoms with E-state index in [-0.39, 0.29) is 5.75 Å². The Balaban J connectivity index is 1.58. The number of anilines is 1. The summed E-state index contributed by atoms with van der Waals surface area (Å²) in [6.07, 6.45) is 1.37. The molecule has 1 aromatic heterocycles. The van der Waals surface area contributed by atoms with Crippen LogP contribution in [-0.4, -0.2) is 22.3 Å². The largest absolute Gasteiger partial charge is 0.507 e. The zero-order valence-corrected chi connectivity index (χ0v) is 13.3. The van der Waals surface area contributed by atoms with Crippen molar-refractivity contribution in [1.82, 2.24) is 10.4 Å². The number of carbonyl (C=O) groups is 1. The van der Waals surface area contributed by atoms with E-state index in [1.807, 2.05) is 35.7 Å². The zero-order valence-electron chi connectivity index (χ0n) is 12.5. The van der Waals surface area contributed by atoms with E-state index in [0.29, 0.717) is 10.7 Å². The van der Waals surface area contributed by atoms with Crippen LogP contribution in [0.1, 0.15) is 5.56 Å². The number of benzene rings is 2. The van der Waals surface area contributed by atoms with E-state index in [1.54, 1.807) is 24.3 Å². The molecule has 1 heterocycles. The zero-order chi connectivity index (χ0) is 16.8. The highest BCUT2D eigenvalue weighted by Gasteiger charge is 2.07. The number of hydrogen-bond donors (Lipinski definition) is 3. The van der Waals surface area contributed by atoms with Gasteiger partial charge in [-0.1, -0.05) is 42.5 Å². The predicted molar refractivity (Wildman–Crippen MR) is 95.4 cm³/mol. The molecule has 0 radical (unpaired) electrons. The van der Waals surface area contributed by atoms with Gasteiger partial charge in [-0.15, -0.1) is 11.3 Å². The number of amides is 2. The van der Waals surface area contributed by atoms with E-state index < -0.39 is 6.03 Å². The minimum Gasteiger partial charge on any atom is -0.507 e. The highest BCUT2D eigenvalue weighted by molar-refractivity contribution is 7.14. The normalized spacial score (nSPS) is 10.7. The first kappa shape index (κ1) is 15.7. The summed E-state index contributed by atoms with van der Waals surface area (Å²) in [6.45, 7) is 0. The van der Waals surface area contributed by atoms with Crippen molar-refractivity contribution in [2.24, 2.45) is 5.10 Å². The number of nitrogens with zero attached hydrogens (tertiary/aromatic N) is 2. The van der Waals surface area contributed by atoms with Gasteiger partial charge < -0.3 is 5.11 Å². The number of urea groups is 1. The summed E-state index contributed by atoms with van der Waals surface area (Å²) in [5.74, 6) is 0.0934. The number of para-hydroxylation sites is 1. The summed E-state index contributed by atoms with van der Waals surface area (Å²) >= 11 is 1.33. The Morgan fingerprint density at radius 3 is 2.67 bits per heavy atom. The first-order valence-corrected chi connectivity index (χ1v) is 7.99. The number of rotatable bonds is 4. The second-order valence-corrected chi connectivity index (χ2v) is 5.64. The number of carbonyl (C=O) groups excluding carboxylic acids is 1. The molecule has 0 atom stereocenters. The van der Waals surface area contributed by atoms with Gasteiger partial charge in [0, 0.05) is 16.5 Å². The Morgan fingerprint density at radius 1 is 1.12 bits per heavy atom. The maximum Gasteiger partial charge on any atom is 0.341 e. The van der Waals surface area contributed by atoms with E-state index >= 15 is 0 Å². The quantitative estimate of drug-likeness (QED) is 0.501. The van der Waals surface area contributed by atoms with Crippen LogP contribution in [0.15, 0.2) is 65.1 Å². The topological polar surface area (TPSA) is 86.6 Å². The van der Waals surface area contributed by atoms with Crippen LogP contribution in [0.5, 0.6) is 5.75 Å². The fraction of sp³-hybridized carbons (Fsp3) is 0. The van der Waals surface area contributed by atoms with Crippen molar-refractivity contribution in [2.75, 3.05) is 5.32 Å². The molecule has 0 fully saturated rings. The van der Waals surface area contributed by atoms with Crippen molar-refractivity contribution in [3.8, 4) is 17.0 Å². The molecule has 120 valence electrons. The fourth-order valence-corrected chi connectivity index (χ4v) is 2.67. The molecule has 0 aliphatic rings. The Hall–Kier alpha value is -3.19. The van der Waals surface area contributed by atoms with Crippen LogP contribution in [0.4, 0.5) is 9.93 Å². The lowest BCUT2D eigenvalue weighted by Gasteiger charge is -2.00. The van der Waals surface area contributed by atoms with Crippen LogP contribution in [-0.2, 0) is 0 Å². The summed E-state index contributed by atoms with van der Waals surface area (Å²) in [4.78, 5) is 16.2. The Kier molecular flexibility index (Phi) is 4.83. The summed E-state index contributed by atoms with van der Waals surface area (Å²) in [6, 6.07) is 15.9. The van der Waals surface area contributed by atoms with Gasteiger partial charge in [-0.2, -0.15) is 5.10 Å². The van der Waals surface area contributed by atoms with Crippen molar-refractivity contribution in [3.63, 3.8) is 0 Å². The molecule has 0 unspecified atom stereocenters. The second-order valence-electron chi connectivity index (χ2n) is 4.79. The maximum absolute atomic E-state index is 11.8. The lowest BCUT2D eigenvalue weighted by Crippen LogP contribution is -2.24. The molecule has 6 nitrogen and oxygen atoms in total. The number of aromatic hydroxyl groups is 1. The van der Waals surface area contributed by atoms with Gasteiger partial charge in [0.15, 0.2) is 5.13 Å².